The van der Waals surface area contributed by atoms with E-state index in [1.165, 1.54) is 26.4 Å². The number of esters is 2. The van der Waals surface area contributed by atoms with Crippen LogP contribution in [0.1, 0.15) is 38.5 Å². The van der Waals surface area contributed by atoms with Crippen molar-refractivity contribution in [2.75, 3.05) is 20.8 Å². The molecule has 6 nitrogen and oxygen atoms in total. The Hall–Kier alpha value is -2.11. The number of rotatable bonds is 2. The van der Waals surface area contributed by atoms with E-state index >= 15 is 0 Å². The third-order valence-corrected chi connectivity index (χ3v) is 5.61. The van der Waals surface area contributed by atoms with E-state index in [1.54, 1.807) is 0 Å². The zero-order chi connectivity index (χ0) is 17.3. The fourth-order valence-corrected chi connectivity index (χ4v) is 4.61. The number of hydrogen-bond donors (Lipinski definition) is 0. The fraction of sp³-hybridized carbons (Fsp3) is 0.611. The molecule has 1 saturated carbocycles. The van der Waals surface area contributed by atoms with Crippen LogP contribution in [0, 0.1) is 5.92 Å². The second-order valence-electron chi connectivity index (χ2n) is 6.64. The summed E-state index contributed by atoms with van der Waals surface area (Å²) in [5.74, 6) is -0.561. The molecule has 1 aliphatic carbocycles. The first-order valence-corrected chi connectivity index (χ1v) is 8.42. The van der Waals surface area contributed by atoms with Gasteiger partial charge in [-0.3, -0.25) is 4.79 Å². The van der Waals surface area contributed by atoms with E-state index in [4.69, 9.17) is 9.47 Å². The molecule has 130 valence electrons. The van der Waals surface area contributed by atoms with Gasteiger partial charge in [-0.1, -0.05) is 12.8 Å². The fourth-order valence-electron chi connectivity index (χ4n) is 4.61. The van der Waals surface area contributed by atoms with Crippen molar-refractivity contribution < 1.29 is 23.9 Å². The molecule has 24 heavy (non-hydrogen) atoms. The van der Waals surface area contributed by atoms with Gasteiger partial charge in [-0.15, -0.1) is 0 Å². The first kappa shape index (κ1) is 16.7. The van der Waals surface area contributed by atoms with E-state index in [-0.39, 0.29) is 11.8 Å². The van der Waals surface area contributed by atoms with Crippen molar-refractivity contribution in [3.8, 4) is 0 Å². The lowest BCUT2D eigenvalue weighted by molar-refractivity contribution is -0.136. The molecule has 2 atom stereocenters. The molecule has 0 aromatic carbocycles. The molecule has 0 unspecified atom stereocenters. The number of carbonyl (C=O) groups is 3. The standard InChI is InChI=1S/C18H23NO5/c1-23-16(21)9-12-6-8-19-15(20)10-13-5-3-4-7-18(13,19)14(12)11-17(22)24-2/h9,11,13H,3-8,10H2,1-2H3/b12-9-,14-11+/t13-,18-/m0/s1. The quantitative estimate of drug-likeness (QED) is 0.569. The first-order valence-electron chi connectivity index (χ1n) is 8.42. The Morgan fingerprint density at radius 1 is 1.17 bits per heavy atom. The number of amides is 1. The largest absolute Gasteiger partial charge is 0.466 e. The summed E-state index contributed by atoms with van der Waals surface area (Å²) in [7, 11) is 2.67. The first-order chi connectivity index (χ1) is 11.5. The van der Waals surface area contributed by atoms with Gasteiger partial charge in [0.25, 0.3) is 0 Å². The van der Waals surface area contributed by atoms with Gasteiger partial charge in [0.15, 0.2) is 0 Å². The lowest BCUT2D eigenvalue weighted by atomic mass is 9.65. The lowest BCUT2D eigenvalue weighted by Gasteiger charge is -2.50. The molecule has 2 saturated heterocycles. The van der Waals surface area contributed by atoms with Crippen molar-refractivity contribution in [3.63, 3.8) is 0 Å². The summed E-state index contributed by atoms with van der Waals surface area (Å²) in [5.41, 5.74) is 1.08. The Bertz CT molecular complexity index is 635. The third kappa shape index (κ3) is 2.54. The van der Waals surface area contributed by atoms with Crippen LogP contribution in [0.15, 0.2) is 23.3 Å². The van der Waals surface area contributed by atoms with Crippen molar-refractivity contribution in [3.05, 3.63) is 23.3 Å². The Labute approximate surface area is 141 Å². The van der Waals surface area contributed by atoms with Gasteiger partial charge in [0.2, 0.25) is 5.91 Å². The lowest BCUT2D eigenvalue weighted by Crippen LogP contribution is -2.55. The van der Waals surface area contributed by atoms with Gasteiger partial charge in [-0.05, 0) is 36.3 Å². The molecule has 0 radical (unpaired) electrons. The molecule has 3 fully saturated rings. The number of piperidine rings is 1. The minimum absolute atomic E-state index is 0.148. The Kier molecular flexibility index (Phi) is 4.47. The molecule has 1 amide bonds. The van der Waals surface area contributed by atoms with Crippen molar-refractivity contribution in [1.82, 2.24) is 4.90 Å². The highest BCUT2D eigenvalue weighted by atomic mass is 16.5. The molecule has 2 aliphatic heterocycles. The molecule has 1 spiro atoms. The van der Waals surface area contributed by atoms with Crippen LogP contribution in [0.3, 0.4) is 0 Å². The van der Waals surface area contributed by atoms with Crippen LogP contribution in [0.4, 0.5) is 0 Å². The summed E-state index contributed by atoms with van der Waals surface area (Å²) in [4.78, 5) is 38.2. The van der Waals surface area contributed by atoms with Gasteiger partial charge in [-0.2, -0.15) is 0 Å². The van der Waals surface area contributed by atoms with Crippen LogP contribution >= 0.6 is 0 Å². The number of carbonyl (C=O) groups excluding carboxylic acids is 3. The summed E-state index contributed by atoms with van der Waals surface area (Å²) in [6.45, 7) is 0.580. The van der Waals surface area contributed by atoms with Crippen LogP contribution in [0.5, 0.6) is 0 Å². The normalized spacial score (nSPS) is 32.5. The molecule has 3 aliphatic rings. The van der Waals surface area contributed by atoms with Crippen LogP contribution in [0.25, 0.3) is 0 Å². The second-order valence-corrected chi connectivity index (χ2v) is 6.64. The molecule has 0 aromatic rings. The maximum absolute atomic E-state index is 12.5. The van der Waals surface area contributed by atoms with Crippen LogP contribution < -0.4 is 0 Å². The smallest absolute Gasteiger partial charge is 0.330 e. The molecule has 2 heterocycles. The minimum atomic E-state index is -0.471. The van der Waals surface area contributed by atoms with Crippen LogP contribution in [-0.4, -0.2) is 49.0 Å². The summed E-state index contributed by atoms with van der Waals surface area (Å²) >= 11 is 0. The summed E-state index contributed by atoms with van der Waals surface area (Å²) in [6.07, 6.45) is 7.87. The maximum atomic E-state index is 12.5. The van der Waals surface area contributed by atoms with E-state index < -0.39 is 17.5 Å². The molecular weight excluding hydrogens is 310 g/mol. The highest BCUT2D eigenvalue weighted by Crippen LogP contribution is 2.54. The van der Waals surface area contributed by atoms with Gasteiger partial charge >= 0.3 is 11.9 Å². The molecule has 0 N–H and O–H groups in total. The van der Waals surface area contributed by atoms with Crippen molar-refractivity contribution in [2.45, 2.75) is 44.1 Å². The van der Waals surface area contributed by atoms with Crippen molar-refractivity contribution in [1.29, 1.82) is 0 Å². The third-order valence-electron chi connectivity index (χ3n) is 5.61. The molecule has 3 rings (SSSR count). The van der Waals surface area contributed by atoms with Gasteiger partial charge in [0.1, 0.15) is 0 Å². The SMILES string of the molecule is COC(=O)/C=C1/CCN2C(=O)C[C@@H]3CCCC[C@@]32/C1=C/C(=O)OC. The minimum Gasteiger partial charge on any atom is -0.466 e. The summed E-state index contributed by atoms with van der Waals surface area (Å²) in [6, 6.07) is 0. The van der Waals surface area contributed by atoms with E-state index in [1.807, 2.05) is 4.90 Å². The van der Waals surface area contributed by atoms with Gasteiger partial charge in [0, 0.05) is 25.1 Å². The predicted molar refractivity (Wildman–Crippen MR) is 85.8 cm³/mol. The van der Waals surface area contributed by atoms with Crippen LogP contribution in [-0.2, 0) is 23.9 Å². The second kappa shape index (κ2) is 6.42. The van der Waals surface area contributed by atoms with Crippen LogP contribution in [0.2, 0.25) is 0 Å². The van der Waals surface area contributed by atoms with Crippen molar-refractivity contribution in [2.24, 2.45) is 5.92 Å². The predicted octanol–water partition coefficient (Wildman–Crippen LogP) is 1.75. The van der Waals surface area contributed by atoms with Crippen molar-refractivity contribution >= 4 is 17.8 Å². The summed E-state index contributed by atoms with van der Waals surface area (Å²) < 4.78 is 9.58. The maximum Gasteiger partial charge on any atom is 0.330 e. The average Bonchev–Trinajstić information content (AvgIpc) is 2.89. The molecule has 0 bridgehead atoms. The Balaban J connectivity index is 2.13. The number of hydrogen-bond acceptors (Lipinski definition) is 5. The van der Waals surface area contributed by atoms with E-state index in [0.29, 0.717) is 19.4 Å². The molecular formula is C18H23NO5. The zero-order valence-electron chi connectivity index (χ0n) is 14.2. The average molecular weight is 333 g/mol. The van der Waals surface area contributed by atoms with Gasteiger partial charge in [-0.25, -0.2) is 9.59 Å². The zero-order valence-corrected chi connectivity index (χ0v) is 14.2. The Morgan fingerprint density at radius 2 is 1.88 bits per heavy atom. The van der Waals surface area contributed by atoms with Gasteiger partial charge < -0.3 is 14.4 Å². The topological polar surface area (TPSA) is 72.9 Å². The van der Waals surface area contributed by atoms with E-state index in [2.05, 4.69) is 0 Å². The Morgan fingerprint density at radius 3 is 2.58 bits per heavy atom. The number of ether oxygens (including phenoxy) is 2. The monoisotopic (exact) mass is 333 g/mol. The highest BCUT2D eigenvalue weighted by molar-refractivity contribution is 5.90. The van der Waals surface area contributed by atoms with E-state index in [0.717, 1.165) is 36.8 Å². The van der Waals surface area contributed by atoms with Gasteiger partial charge in [0.05, 0.1) is 19.8 Å². The number of methoxy groups -OCH3 is 2. The summed E-state index contributed by atoms with van der Waals surface area (Å²) in [5, 5.41) is 0. The van der Waals surface area contributed by atoms with E-state index in [9.17, 15) is 14.4 Å². The number of nitrogens with zero attached hydrogens (tertiary/aromatic N) is 1. The molecule has 0 aromatic heterocycles. The molecule has 6 heteroatoms. The highest BCUT2D eigenvalue weighted by Gasteiger charge is 2.57.